The van der Waals surface area contributed by atoms with Crippen LogP contribution in [0.2, 0.25) is 0 Å². The Kier molecular flexibility index (Phi) is 10.3. The maximum absolute atomic E-state index is 13.8. The highest BCUT2D eigenvalue weighted by Crippen LogP contribution is 2.46. The van der Waals surface area contributed by atoms with E-state index in [1.165, 1.54) is 28.0 Å². The molecule has 2 aliphatic heterocycles. The maximum Gasteiger partial charge on any atom is 0.301 e. The van der Waals surface area contributed by atoms with E-state index in [4.69, 9.17) is 18.9 Å². The average Bonchev–Trinajstić information content (AvgIpc) is 3.67. The zero-order chi connectivity index (χ0) is 32.8. The molecular formula is C35H35N3O7S2. The normalized spacial score (nSPS) is 16.8. The van der Waals surface area contributed by atoms with Crippen LogP contribution in [0.4, 0.5) is 5.13 Å². The van der Waals surface area contributed by atoms with E-state index < -0.39 is 17.7 Å². The fourth-order valence-electron chi connectivity index (χ4n) is 5.39. The Labute approximate surface area is 281 Å². The minimum atomic E-state index is -1.02. The van der Waals surface area contributed by atoms with Gasteiger partial charge in [-0.15, -0.1) is 10.2 Å². The minimum absolute atomic E-state index is 0.0839. The quantitative estimate of drug-likeness (QED) is 0.0390. The molecule has 0 spiro atoms. The molecule has 0 bridgehead atoms. The molecule has 3 heterocycles. The number of aromatic nitrogens is 2. The number of anilines is 1. The van der Waals surface area contributed by atoms with Crippen LogP contribution in [0, 0.1) is 0 Å². The predicted molar refractivity (Wildman–Crippen MR) is 181 cm³/mol. The first-order chi connectivity index (χ1) is 23.0. The van der Waals surface area contributed by atoms with Crippen molar-refractivity contribution in [1.29, 1.82) is 0 Å². The highest BCUT2D eigenvalue weighted by molar-refractivity contribution is 8.00. The minimum Gasteiger partial charge on any atom is -0.507 e. The topological polar surface area (TPSA) is 120 Å². The summed E-state index contributed by atoms with van der Waals surface area (Å²) in [5.41, 5.74) is 1.89. The highest BCUT2D eigenvalue weighted by atomic mass is 32.2. The summed E-state index contributed by atoms with van der Waals surface area (Å²) >= 11 is 2.70. The molecule has 0 saturated carbocycles. The van der Waals surface area contributed by atoms with Crippen molar-refractivity contribution >= 4 is 45.7 Å². The monoisotopic (exact) mass is 673 g/mol. The van der Waals surface area contributed by atoms with Crippen LogP contribution in [0.1, 0.15) is 55.8 Å². The lowest BCUT2D eigenvalue weighted by Gasteiger charge is -2.24. The van der Waals surface area contributed by atoms with E-state index in [1.54, 1.807) is 36.4 Å². The summed E-state index contributed by atoms with van der Waals surface area (Å²) in [6.45, 7) is 5.68. The third-order valence-electron chi connectivity index (χ3n) is 7.66. The number of ether oxygens (including phenoxy) is 4. The number of unbranched alkanes of at least 4 members (excludes halogenated alkanes) is 2. The second kappa shape index (κ2) is 14.9. The largest absolute Gasteiger partial charge is 0.507 e. The standard InChI is InChI=1S/C35H35N3O7S2/c1-3-5-9-16-43-25-14-12-23(19-27(25)42-4-2)30-29(31(39)24-13-15-26-28(20-24)45-18-17-44-26)32(40)33(41)38(30)34-36-37-35(47-34)46-21-22-10-7-6-8-11-22/h6-8,10-15,19-20,30,39H,3-5,9,16-18,21H2,1-2H3. The number of fused-ring (bicyclic) bond motifs is 1. The van der Waals surface area contributed by atoms with Crippen LogP contribution in [-0.4, -0.2) is 53.4 Å². The third-order valence-corrected chi connectivity index (χ3v) is 9.78. The van der Waals surface area contributed by atoms with Crippen molar-refractivity contribution in [3.8, 4) is 23.0 Å². The summed E-state index contributed by atoms with van der Waals surface area (Å²) in [4.78, 5) is 28.9. The molecule has 12 heteroatoms. The van der Waals surface area contributed by atoms with Crippen molar-refractivity contribution in [2.24, 2.45) is 0 Å². The van der Waals surface area contributed by atoms with Gasteiger partial charge in [0.1, 0.15) is 19.0 Å². The van der Waals surface area contributed by atoms with Crippen LogP contribution in [0.3, 0.4) is 0 Å². The summed E-state index contributed by atoms with van der Waals surface area (Å²) < 4.78 is 24.0. The van der Waals surface area contributed by atoms with Gasteiger partial charge in [-0.1, -0.05) is 79.3 Å². The first-order valence-electron chi connectivity index (χ1n) is 15.6. The Hall–Kier alpha value is -4.55. The van der Waals surface area contributed by atoms with Gasteiger partial charge in [-0.05, 0) is 54.8 Å². The molecule has 1 saturated heterocycles. The van der Waals surface area contributed by atoms with Crippen LogP contribution in [0.15, 0.2) is 76.6 Å². The lowest BCUT2D eigenvalue weighted by atomic mass is 9.95. The van der Waals surface area contributed by atoms with E-state index >= 15 is 0 Å². The molecule has 1 fully saturated rings. The van der Waals surface area contributed by atoms with Crippen LogP contribution in [0.5, 0.6) is 23.0 Å². The Morgan fingerprint density at radius 3 is 2.55 bits per heavy atom. The van der Waals surface area contributed by atoms with E-state index in [0.29, 0.717) is 70.6 Å². The van der Waals surface area contributed by atoms with Crippen molar-refractivity contribution < 1.29 is 33.6 Å². The number of hydrogen-bond acceptors (Lipinski definition) is 11. The van der Waals surface area contributed by atoms with Crippen LogP contribution in [0.25, 0.3) is 5.76 Å². The highest BCUT2D eigenvalue weighted by Gasteiger charge is 2.48. The smallest absolute Gasteiger partial charge is 0.301 e. The summed E-state index contributed by atoms with van der Waals surface area (Å²) in [5, 5.41) is 20.6. The number of amides is 1. The Bertz CT molecular complexity index is 1780. The number of carbonyl (C=O) groups excluding carboxylic acids is 2. The zero-order valence-corrected chi connectivity index (χ0v) is 27.8. The number of nitrogens with zero attached hydrogens (tertiary/aromatic N) is 3. The van der Waals surface area contributed by atoms with Crippen molar-refractivity contribution in [2.75, 3.05) is 31.3 Å². The fraction of sp³-hybridized carbons (Fsp3) is 0.314. The number of rotatable bonds is 13. The summed E-state index contributed by atoms with van der Waals surface area (Å²) in [6.07, 6.45) is 3.02. The second-order valence-corrected chi connectivity index (χ2v) is 13.0. The van der Waals surface area contributed by atoms with Crippen molar-refractivity contribution in [2.45, 2.75) is 49.2 Å². The number of aliphatic hydroxyl groups excluding tert-OH is 1. The average molecular weight is 674 g/mol. The molecule has 1 amide bonds. The summed E-state index contributed by atoms with van der Waals surface area (Å²) in [6, 6.07) is 19.2. The van der Waals surface area contributed by atoms with Gasteiger partial charge in [0.25, 0.3) is 5.78 Å². The second-order valence-electron chi connectivity index (χ2n) is 10.8. The number of benzene rings is 3. The summed E-state index contributed by atoms with van der Waals surface area (Å²) in [7, 11) is 0. The fourth-order valence-corrected chi connectivity index (χ4v) is 7.21. The van der Waals surface area contributed by atoms with Gasteiger partial charge in [0.05, 0.1) is 24.8 Å². The van der Waals surface area contributed by atoms with Gasteiger partial charge in [-0.2, -0.15) is 0 Å². The first-order valence-corrected chi connectivity index (χ1v) is 17.4. The van der Waals surface area contributed by atoms with Gasteiger partial charge in [0.2, 0.25) is 5.13 Å². The Morgan fingerprint density at radius 2 is 1.77 bits per heavy atom. The predicted octanol–water partition coefficient (Wildman–Crippen LogP) is 7.20. The van der Waals surface area contributed by atoms with Crippen LogP contribution in [-0.2, 0) is 15.3 Å². The molecule has 244 valence electrons. The van der Waals surface area contributed by atoms with Crippen LogP contribution >= 0.6 is 23.1 Å². The number of carbonyl (C=O) groups is 2. The zero-order valence-electron chi connectivity index (χ0n) is 26.1. The maximum atomic E-state index is 13.8. The van der Waals surface area contributed by atoms with E-state index in [-0.39, 0.29) is 16.5 Å². The Morgan fingerprint density at radius 1 is 0.957 bits per heavy atom. The number of ketones is 1. The lowest BCUT2D eigenvalue weighted by molar-refractivity contribution is -0.132. The molecule has 1 atom stereocenters. The van der Waals surface area contributed by atoms with E-state index in [2.05, 4.69) is 17.1 Å². The molecule has 10 nitrogen and oxygen atoms in total. The molecule has 3 aromatic carbocycles. The van der Waals surface area contributed by atoms with Crippen molar-refractivity contribution in [3.05, 3.63) is 89.0 Å². The SMILES string of the molecule is CCCCCOc1ccc(C2C(=C(O)c3ccc4c(c3)OCCO4)C(=O)C(=O)N2c2nnc(SCc3ccccc3)s2)cc1OCC. The van der Waals surface area contributed by atoms with Crippen LogP contribution < -0.4 is 23.8 Å². The Balaban J connectivity index is 1.41. The van der Waals surface area contributed by atoms with Gasteiger partial charge >= 0.3 is 5.91 Å². The molecule has 4 aromatic rings. The van der Waals surface area contributed by atoms with Gasteiger partial charge in [0, 0.05) is 11.3 Å². The molecular weight excluding hydrogens is 639 g/mol. The number of thioether (sulfide) groups is 1. The summed E-state index contributed by atoms with van der Waals surface area (Å²) in [5.74, 6) is 0.687. The van der Waals surface area contributed by atoms with E-state index in [1.807, 2.05) is 37.3 Å². The molecule has 1 aromatic heterocycles. The van der Waals surface area contributed by atoms with Gasteiger partial charge in [-0.25, -0.2) is 0 Å². The molecule has 1 N–H and O–H groups in total. The molecule has 0 aliphatic carbocycles. The lowest BCUT2D eigenvalue weighted by Crippen LogP contribution is -2.29. The van der Waals surface area contributed by atoms with Gasteiger partial charge in [0.15, 0.2) is 27.3 Å². The van der Waals surface area contributed by atoms with Crippen molar-refractivity contribution in [1.82, 2.24) is 10.2 Å². The third kappa shape index (κ3) is 7.08. The molecule has 0 radical (unpaired) electrons. The molecule has 2 aliphatic rings. The molecule has 47 heavy (non-hydrogen) atoms. The van der Waals surface area contributed by atoms with Crippen molar-refractivity contribution in [3.63, 3.8) is 0 Å². The molecule has 1 unspecified atom stereocenters. The number of hydrogen-bond donors (Lipinski definition) is 1. The number of Topliss-reactive ketones (excluding diaryl/α,β-unsaturated/α-hetero) is 1. The molecule has 6 rings (SSSR count). The number of aliphatic hydroxyl groups is 1. The first kappa shape index (κ1) is 32.4. The van der Waals surface area contributed by atoms with E-state index in [0.717, 1.165) is 24.8 Å². The van der Waals surface area contributed by atoms with E-state index in [9.17, 15) is 14.7 Å². The van der Waals surface area contributed by atoms with Gasteiger partial charge in [-0.3, -0.25) is 14.5 Å². The van der Waals surface area contributed by atoms with Gasteiger partial charge < -0.3 is 24.1 Å².